The molecule has 0 saturated heterocycles. The van der Waals surface area contributed by atoms with Gasteiger partial charge in [0.15, 0.2) is 0 Å². The molecule has 0 radical (unpaired) electrons. The van der Waals surface area contributed by atoms with Gasteiger partial charge >= 0.3 is 6.30 Å². The number of aromatic hydroxyl groups is 1. The molecule has 0 atom stereocenters. The molecule has 1 rings (SSSR count). The molecule has 2 nitrogen and oxygen atoms in total. The highest BCUT2D eigenvalue weighted by Gasteiger charge is 2.34. The Kier molecular flexibility index (Phi) is 3.96. The molecule has 0 aliphatic carbocycles. The normalized spacial score (nSPS) is 13.1. The van der Waals surface area contributed by atoms with Crippen molar-refractivity contribution in [1.82, 2.24) is 4.90 Å². The van der Waals surface area contributed by atoms with E-state index in [1.807, 2.05) is 20.8 Å². The van der Waals surface area contributed by atoms with E-state index in [0.717, 1.165) is 7.05 Å². The molecule has 0 unspecified atom stereocenters. The van der Waals surface area contributed by atoms with E-state index >= 15 is 0 Å². The topological polar surface area (TPSA) is 23.5 Å². The predicted octanol–water partition coefficient (Wildman–Crippen LogP) is 3.64. The van der Waals surface area contributed by atoms with Crippen molar-refractivity contribution in [3.8, 4) is 5.75 Å². The van der Waals surface area contributed by atoms with Crippen molar-refractivity contribution in [2.75, 3.05) is 7.05 Å². The zero-order valence-electron chi connectivity index (χ0n) is 11.0. The second-order valence-corrected chi connectivity index (χ2v) is 5.39. The lowest BCUT2D eigenvalue weighted by atomic mass is 9.85. The quantitative estimate of drug-likeness (QED) is 0.821. The molecule has 5 heteroatoms. The van der Waals surface area contributed by atoms with E-state index in [9.17, 15) is 18.3 Å². The third kappa shape index (κ3) is 3.38. The Hall–Kier alpha value is -1.23. The van der Waals surface area contributed by atoms with Gasteiger partial charge in [0.25, 0.3) is 0 Å². The zero-order valence-corrected chi connectivity index (χ0v) is 11.0. The first-order valence-electron chi connectivity index (χ1n) is 5.63. The Morgan fingerprint density at radius 3 is 2.17 bits per heavy atom. The molecular formula is C13H18F3NO. The minimum Gasteiger partial charge on any atom is -0.507 e. The number of halogens is 3. The van der Waals surface area contributed by atoms with Crippen molar-refractivity contribution in [3.63, 3.8) is 0 Å². The van der Waals surface area contributed by atoms with Gasteiger partial charge in [-0.15, -0.1) is 0 Å². The van der Waals surface area contributed by atoms with Gasteiger partial charge < -0.3 is 5.11 Å². The molecule has 0 saturated carbocycles. The van der Waals surface area contributed by atoms with Gasteiger partial charge in [0, 0.05) is 12.1 Å². The zero-order chi connectivity index (χ0) is 14.1. The second-order valence-electron chi connectivity index (χ2n) is 5.39. The van der Waals surface area contributed by atoms with Crippen LogP contribution in [0.2, 0.25) is 0 Å². The van der Waals surface area contributed by atoms with Gasteiger partial charge in [-0.25, -0.2) is 4.90 Å². The second kappa shape index (κ2) is 4.80. The molecule has 102 valence electrons. The Morgan fingerprint density at radius 1 is 1.17 bits per heavy atom. The number of para-hydroxylation sites is 1. The molecule has 1 aromatic carbocycles. The number of phenols is 1. The lowest BCUT2D eigenvalue weighted by Crippen LogP contribution is -2.33. The maximum absolute atomic E-state index is 12.4. The Balaban J connectivity index is 3.06. The fraction of sp³-hybridized carbons (Fsp3) is 0.538. The SMILES string of the molecule is CN(Cc1cccc(C(C)(C)C)c1O)C(F)(F)F. The Morgan fingerprint density at radius 2 is 1.72 bits per heavy atom. The monoisotopic (exact) mass is 261 g/mol. The van der Waals surface area contributed by atoms with Crippen LogP contribution in [0.1, 0.15) is 31.9 Å². The van der Waals surface area contributed by atoms with Gasteiger partial charge in [0.1, 0.15) is 5.75 Å². The number of nitrogens with zero attached hydrogens (tertiary/aromatic N) is 1. The van der Waals surface area contributed by atoms with Crippen molar-refractivity contribution >= 4 is 0 Å². The van der Waals surface area contributed by atoms with E-state index in [-0.39, 0.29) is 28.2 Å². The van der Waals surface area contributed by atoms with Gasteiger partial charge in [-0.1, -0.05) is 39.0 Å². The van der Waals surface area contributed by atoms with E-state index in [1.54, 1.807) is 12.1 Å². The molecule has 0 heterocycles. The smallest absolute Gasteiger partial charge is 0.459 e. The summed E-state index contributed by atoms with van der Waals surface area (Å²) in [5.74, 6) is -0.0545. The largest absolute Gasteiger partial charge is 0.507 e. The number of alkyl halides is 3. The summed E-state index contributed by atoms with van der Waals surface area (Å²) in [7, 11) is 0.962. The first-order chi connectivity index (χ1) is 8.03. The summed E-state index contributed by atoms with van der Waals surface area (Å²) >= 11 is 0. The van der Waals surface area contributed by atoms with Crippen LogP contribution in [-0.2, 0) is 12.0 Å². The molecule has 1 aromatic rings. The number of phenolic OH excluding ortho intramolecular Hbond substituents is 1. The van der Waals surface area contributed by atoms with E-state index < -0.39 is 6.30 Å². The molecule has 0 amide bonds. The first kappa shape index (κ1) is 14.8. The van der Waals surface area contributed by atoms with Crippen LogP contribution < -0.4 is 0 Å². The first-order valence-corrected chi connectivity index (χ1v) is 5.63. The number of benzene rings is 1. The van der Waals surface area contributed by atoms with Gasteiger partial charge in [0.05, 0.1) is 0 Å². The molecule has 0 aliphatic heterocycles. The predicted molar refractivity (Wildman–Crippen MR) is 64.3 cm³/mol. The third-order valence-electron chi connectivity index (χ3n) is 2.77. The molecule has 1 N–H and O–H groups in total. The van der Waals surface area contributed by atoms with Gasteiger partial charge in [-0.05, 0) is 18.0 Å². The van der Waals surface area contributed by atoms with Crippen LogP contribution >= 0.6 is 0 Å². The lowest BCUT2D eigenvalue weighted by molar-refractivity contribution is -0.240. The van der Waals surface area contributed by atoms with E-state index in [0.29, 0.717) is 5.56 Å². The molecule has 0 spiro atoms. The third-order valence-corrected chi connectivity index (χ3v) is 2.77. The maximum atomic E-state index is 12.4. The number of rotatable bonds is 2. The fourth-order valence-electron chi connectivity index (χ4n) is 1.67. The van der Waals surface area contributed by atoms with Crippen LogP contribution in [0.4, 0.5) is 13.2 Å². The van der Waals surface area contributed by atoms with Crippen LogP contribution in [0.3, 0.4) is 0 Å². The highest BCUT2D eigenvalue weighted by Crippen LogP contribution is 2.34. The van der Waals surface area contributed by atoms with E-state index in [4.69, 9.17) is 0 Å². The highest BCUT2D eigenvalue weighted by atomic mass is 19.4. The maximum Gasteiger partial charge on any atom is 0.459 e. The number of hydrogen-bond donors (Lipinski definition) is 1. The van der Waals surface area contributed by atoms with Crippen LogP contribution in [0.25, 0.3) is 0 Å². The summed E-state index contributed by atoms with van der Waals surface area (Å²) in [6.45, 7) is 5.34. The minimum atomic E-state index is -4.40. The Bertz CT molecular complexity index is 421. The van der Waals surface area contributed by atoms with Crippen LogP contribution in [-0.4, -0.2) is 23.4 Å². The van der Waals surface area contributed by atoms with Crippen LogP contribution in [0, 0.1) is 0 Å². The summed E-state index contributed by atoms with van der Waals surface area (Å²) in [5.41, 5.74) is 0.620. The van der Waals surface area contributed by atoms with Gasteiger partial charge in [-0.3, -0.25) is 0 Å². The fourth-order valence-corrected chi connectivity index (χ4v) is 1.67. The van der Waals surface area contributed by atoms with Crippen molar-refractivity contribution in [3.05, 3.63) is 29.3 Å². The summed E-state index contributed by atoms with van der Waals surface area (Å²) in [4.78, 5) is 0.245. The van der Waals surface area contributed by atoms with Crippen molar-refractivity contribution < 1.29 is 18.3 Å². The van der Waals surface area contributed by atoms with Gasteiger partial charge in [-0.2, -0.15) is 13.2 Å². The summed E-state index contributed by atoms with van der Waals surface area (Å²) in [6, 6.07) is 4.90. The van der Waals surface area contributed by atoms with E-state index in [1.165, 1.54) is 6.07 Å². The average molecular weight is 261 g/mol. The van der Waals surface area contributed by atoms with Gasteiger partial charge in [0.2, 0.25) is 0 Å². The molecule has 0 aliphatic rings. The Labute approximate surface area is 105 Å². The van der Waals surface area contributed by atoms with Crippen molar-refractivity contribution in [2.24, 2.45) is 0 Å². The van der Waals surface area contributed by atoms with Crippen molar-refractivity contribution in [1.29, 1.82) is 0 Å². The van der Waals surface area contributed by atoms with E-state index in [2.05, 4.69) is 0 Å². The summed E-state index contributed by atoms with van der Waals surface area (Å²) in [6.07, 6.45) is -4.40. The van der Waals surface area contributed by atoms with Crippen molar-refractivity contribution in [2.45, 2.75) is 39.0 Å². The average Bonchev–Trinajstić information content (AvgIpc) is 2.17. The summed E-state index contributed by atoms with van der Waals surface area (Å²) < 4.78 is 37.3. The highest BCUT2D eigenvalue weighted by molar-refractivity contribution is 5.43. The molecule has 0 fully saturated rings. The standard InChI is InChI=1S/C13H18F3NO/c1-12(2,3)10-7-5-6-9(11(10)18)8-17(4)13(14,15)16/h5-7,18H,8H2,1-4H3. The van der Waals surface area contributed by atoms with Crippen LogP contribution in [0.5, 0.6) is 5.75 Å². The molecule has 0 aromatic heterocycles. The molecule has 18 heavy (non-hydrogen) atoms. The lowest BCUT2D eigenvalue weighted by Gasteiger charge is -2.24. The minimum absolute atomic E-state index is 0.0545. The molecule has 0 bridgehead atoms. The summed E-state index contributed by atoms with van der Waals surface area (Å²) in [5, 5.41) is 10.0. The van der Waals surface area contributed by atoms with Crippen LogP contribution in [0.15, 0.2) is 18.2 Å². The number of hydrogen-bond acceptors (Lipinski definition) is 2. The molecular weight excluding hydrogens is 243 g/mol.